The zero-order chi connectivity index (χ0) is 17.2. The molecule has 5 heteroatoms. The van der Waals surface area contributed by atoms with E-state index in [1.54, 1.807) is 19.7 Å². The van der Waals surface area contributed by atoms with Crippen LogP contribution in [-0.2, 0) is 6.54 Å². The molecule has 0 saturated heterocycles. The number of rotatable bonds is 6. The fraction of sp³-hybridized carbons (Fsp3) is 0.474. The lowest BCUT2D eigenvalue weighted by molar-refractivity contribution is 0.0963. The third kappa shape index (κ3) is 5.72. The van der Waals surface area contributed by atoms with E-state index in [4.69, 9.17) is 0 Å². The molecule has 2 rings (SSSR count). The number of amides is 1. The summed E-state index contributed by atoms with van der Waals surface area (Å²) in [5, 5.41) is 9.29. The first-order chi connectivity index (χ1) is 11.7. The number of hydrogen-bond acceptors (Lipinski definition) is 2. The molecular formula is C19H28N4O. The second-order valence-corrected chi connectivity index (χ2v) is 5.99. The smallest absolute Gasteiger partial charge is 0.251 e. The van der Waals surface area contributed by atoms with Gasteiger partial charge >= 0.3 is 0 Å². The van der Waals surface area contributed by atoms with Gasteiger partial charge in [-0.1, -0.05) is 23.8 Å². The minimum Gasteiger partial charge on any atom is -0.356 e. The van der Waals surface area contributed by atoms with Gasteiger partial charge < -0.3 is 16.0 Å². The van der Waals surface area contributed by atoms with Crippen molar-refractivity contribution in [3.05, 3.63) is 47.0 Å². The Labute approximate surface area is 144 Å². The molecule has 0 radical (unpaired) electrons. The molecule has 24 heavy (non-hydrogen) atoms. The van der Waals surface area contributed by atoms with Gasteiger partial charge in [-0.15, -0.1) is 0 Å². The highest BCUT2D eigenvalue weighted by Gasteiger charge is 2.06. The second kappa shape index (κ2) is 9.75. The van der Waals surface area contributed by atoms with Gasteiger partial charge in [-0.25, -0.2) is 0 Å². The highest BCUT2D eigenvalue weighted by molar-refractivity contribution is 5.94. The molecule has 0 unspecified atom stereocenters. The van der Waals surface area contributed by atoms with Gasteiger partial charge in [0.05, 0.1) is 0 Å². The summed E-state index contributed by atoms with van der Waals surface area (Å²) < 4.78 is 0. The summed E-state index contributed by atoms with van der Waals surface area (Å²) in [6, 6.07) is 7.60. The molecule has 0 heterocycles. The molecule has 130 valence electrons. The van der Waals surface area contributed by atoms with Crippen LogP contribution in [0.5, 0.6) is 0 Å². The van der Waals surface area contributed by atoms with Crippen molar-refractivity contribution in [1.82, 2.24) is 16.0 Å². The van der Waals surface area contributed by atoms with Crippen LogP contribution in [0.1, 0.15) is 48.0 Å². The van der Waals surface area contributed by atoms with Crippen molar-refractivity contribution >= 4 is 11.9 Å². The van der Waals surface area contributed by atoms with E-state index in [0.717, 1.165) is 24.5 Å². The van der Waals surface area contributed by atoms with Crippen molar-refractivity contribution in [2.75, 3.05) is 20.6 Å². The van der Waals surface area contributed by atoms with Crippen LogP contribution >= 0.6 is 0 Å². The van der Waals surface area contributed by atoms with Crippen LogP contribution < -0.4 is 16.0 Å². The summed E-state index contributed by atoms with van der Waals surface area (Å²) in [6.45, 7) is 1.52. The van der Waals surface area contributed by atoms with E-state index < -0.39 is 0 Å². The number of hydrogen-bond donors (Lipinski definition) is 3. The lowest BCUT2D eigenvalue weighted by Gasteiger charge is -2.15. The van der Waals surface area contributed by atoms with E-state index in [2.05, 4.69) is 27.0 Å². The highest BCUT2D eigenvalue weighted by atomic mass is 16.1. The maximum absolute atomic E-state index is 11.7. The third-order valence-electron chi connectivity index (χ3n) is 4.22. The molecule has 0 atom stereocenters. The Kier molecular flexibility index (Phi) is 7.33. The lowest BCUT2D eigenvalue weighted by Crippen LogP contribution is -2.37. The molecule has 1 aromatic carbocycles. The molecule has 1 aliphatic carbocycles. The van der Waals surface area contributed by atoms with Crippen molar-refractivity contribution < 1.29 is 4.79 Å². The Balaban J connectivity index is 1.79. The van der Waals surface area contributed by atoms with E-state index in [0.29, 0.717) is 12.1 Å². The monoisotopic (exact) mass is 328 g/mol. The second-order valence-electron chi connectivity index (χ2n) is 5.99. The Morgan fingerprint density at radius 3 is 2.83 bits per heavy atom. The molecule has 0 saturated carbocycles. The van der Waals surface area contributed by atoms with E-state index in [1.165, 1.54) is 25.7 Å². The van der Waals surface area contributed by atoms with Crippen LogP contribution in [0.3, 0.4) is 0 Å². The van der Waals surface area contributed by atoms with Crippen molar-refractivity contribution in [2.45, 2.75) is 38.6 Å². The van der Waals surface area contributed by atoms with Gasteiger partial charge in [-0.05, 0) is 49.8 Å². The number of nitrogens with one attached hydrogen (secondary N) is 3. The molecule has 0 fully saturated rings. The zero-order valence-electron chi connectivity index (χ0n) is 14.7. The fourth-order valence-corrected chi connectivity index (χ4v) is 2.85. The lowest BCUT2D eigenvalue weighted by atomic mass is 9.97. The quantitative estimate of drug-likeness (QED) is 0.427. The largest absolute Gasteiger partial charge is 0.356 e. The van der Waals surface area contributed by atoms with E-state index in [-0.39, 0.29) is 5.91 Å². The minimum atomic E-state index is -0.0693. The summed E-state index contributed by atoms with van der Waals surface area (Å²) in [5.41, 5.74) is 3.28. The highest BCUT2D eigenvalue weighted by Crippen LogP contribution is 2.19. The standard InChI is InChI=1S/C19H28N4O/c1-20-18(24)17-10-6-9-16(13-17)14-23-19(21-2)22-12-11-15-7-4-3-5-8-15/h6-7,9-10,13H,3-5,8,11-12,14H2,1-2H3,(H,20,24)(H2,21,22,23). The number of benzene rings is 1. The molecular weight excluding hydrogens is 300 g/mol. The molecule has 0 aliphatic heterocycles. The molecule has 0 spiro atoms. The van der Waals surface area contributed by atoms with Crippen molar-refractivity contribution in [2.24, 2.45) is 4.99 Å². The number of allylic oxidation sites excluding steroid dienone is 1. The molecule has 5 nitrogen and oxygen atoms in total. The van der Waals surface area contributed by atoms with E-state index in [9.17, 15) is 4.79 Å². The topological polar surface area (TPSA) is 65.5 Å². The Hall–Kier alpha value is -2.30. The molecule has 3 N–H and O–H groups in total. The van der Waals surface area contributed by atoms with Crippen LogP contribution in [0, 0.1) is 0 Å². The van der Waals surface area contributed by atoms with Gasteiger partial charge in [0.15, 0.2) is 5.96 Å². The summed E-state index contributed by atoms with van der Waals surface area (Å²) in [6.07, 6.45) is 8.57. The summed E-state index contributed by atoms with van der Waals surface area (Å²) >= 11 is 0. The van der Waals surface area contributed by atoms with Gasteiger partial charge in [0.2, 0.25) is 0 Å². The molecule has 0 bridgehead atoms. The van der Waals surface area contributed by atoms with Crippen LogP contribution in [0.2, 0.25) is 0 Å². The Morgan fingerprint density at radius 2 is 2.12 bits per heavy atom. The number of nitrogens with zero attached hydrogens (tertiary/aromatic N) is 1. The maximum Gasteiger partial charge on any atom is 0.251 e. The van der Waals surface area contributed by atoms with Gasteiger partial charge in [-0.3, -0.25) is 9.79 Å². The SMILES string of the molecule is CN=C(NCCC1=CCCCC1)NCc1cccc(C(=O)NC)c1. The number of carbonyl (C=O) groups is 1. The van der Waals surface area contributed by atoms with Gasteiger partial charge in [0.25, 0.3) is 5.91 Å². The number of guanidine groups is 1. The van der Waals surface area contributed by atoms with Gasteiger partial charge in [0, 0.05) is 32.7 Å². The summed E-state index contributed by atoms with van der Waals surface area (Å²) in [5.74, 6) is 0.719. The molecule has 0 aromatic heterocycles. The first-order valence-electron chi connectivity index (χ1n) is 8.66. The average Bonchev–Trinajstić information content (AvgIpc) is 2.65. The third-order valence-corrected chi connectivity index (χ3v) is 4.22. The van der Waals surface area contributed by atoms with E-state index in [1.807, 2.05) is 24.3 Å². The molecule has 1 aliphatic rings. The van der Waals surface area contributed by atoms with Crippen LogP contribution in [0.4, 0.5) is 0 Å². The normalized spacial score (nSPS) is 14.8. The number of aliphatic imine (C=N–C) groups is 1. The van der Waals surface area contributed by atoms with E-state index >= 15 is 0 Å². The minimum absolute atomic E-state index is 0.0693. The van der Waals surface area contributed by atoms with Gasteiger partial charge in [0.1, 0.15) is 0 Å². The van der Waals surface area contributed by atoms with Crippen molar-refractivity contribution in [3.63, 3.8) is 0 Å². The molecule has 1 amide bonds. The predicted octanol–water partition coefficient (Wildman–Crippen LogP) is 2.60. The average molecular weight is 328 g/mol. The Morgan fingerprint density at radius 1 is 1.25 bits per heavy atom. The fourth-order valence-electron chi connectivity index (χ4n) is 2.85. The van der Waals surface area contributed by atoms with Crippen LogP contribution in [0.15, 0.2) is 40.9 Å². The van der Waals surface area contributed by atoms with Crippen LogP contribution in [0.25, 0.3) is 0 Å². The number of carbonyl (C=O) groups excluding carboxylic acids is 1. The van der Waals surface area contributed by atoms with Crippen molar-refractivity contribution in [3.8, 4) is 0 Å². The maximum atomic E-state index is 11.7. The Bertz CT molecular complexity index is 607. The molecule has 1 aromatic rings. The first-order valence-corrected chi connectivity index (χ1v) is 8.66. The predicted molar refractivity (Wildman–Crippen MR) is 99.2 cm³/mol. The first kappa shape index (κ1) is 18.0. The summed E-state index contributed by atoms with van der Waals surface area (Å²) in [7, 11) is 3.41. The van der Waals surface area contributed by atoms with Gasteiger partial charge in [-0.2, -0.15) is 0 Å². The van der Waals surface area contributed by atoms with Crippen molar-refractivity contribution in [1.29, 1.82) is 0 Å². The van der Waals surface area contributed by atoms with Crippen LogP contribution in [-0.4, -0.2) is 32.5 Å². The summed E-state index contributed by atoms with van der Waals surface area (Å²) in [4.78, 5) is 15.9. The zero-order valence-corrected chi connectivity index (χ0v) is 14.7.